The molecular formula is C33H52N6O8. The van der Waals surface area contributed by atoms with Crippen LogP contribution in [0.5, 0.6) is 0 Å². The average Bonchev–Trinajstić information content (AvgIpc) is 3.47. The molecule has 2 heterocycles. The number of hydrogen-bond donors (Lipinski definition) is 3. The number of hydrazine groups is 1. The third-order valence-corrected chi connectivity index (χ3v) is 11.5. The van der Waals surface area contributed by atoms with Crippen molar-refractivity contribution in [2.24, 2.45) is 35.4 Å². The van der Waals surface area contributed by atoms with E-state index in [1.54, 1.807) is 11.9 Å². The van der Waals surface area contributed by atoms with Crippen molar-refractivity contribution in [3.8, 4) is 0 Å². The molecule has 0 spiro atoms. The standard InChI is InChI=1S/C33H52N6O8/c1-33(2,36-20-9-12-24-22(16-20)31(44)38(14-13-29(43)47-35)17-28(42)37(24)3)27(41)15-19-7-10-21(11-8-19)39(34)32(45)23-18-46-26-6-4-5-25(40)30(23)26/h19-24,26,30,36H,4-18,34-35H2,1-3H3. The molecule has 5 N–H and O–H groups in total. The van der Waals surface area contributed by atoms with Crippen LogP contribution in [0.3, 0.4) is 0 Å². The summed E-state index contributed by atoms with van der Waals surface area (Å²) in [6.07, 6.45) is 6.99. The molecule has 5 fully saturated rings. The fourth-order valence-corrected chi connectivity index (χ4v) is 8.63. The van der Waals surface area contributed by atoms with Gasteiger partial charge in [-0.1, -0.05) is 0 Å². The van der Waals surface area contributed by atoms with E-state index in [0.717, 1.165) is 25.7 Å². The van der Waals surface area contributed by atoms with E-state index >= 15 is 0 Å². The van der Waals surface area contributed by atoms with Crippen molar-refractivity contribution >= 4 is 35.3 Å². The van der Waals surface area contributed by atoms with Gasteiger partial charge in [0.2, 0.25) is 17.7 Å². The van der Waals surface area contributed by atoms with Gasteiger partial charge >= 0.3 is 5.97 Å². The first-order chi connectivity index (χ1) is 22.3. The summed E-state index contributed by atoms with van der Waals surface area (Å²) in [5.41, 5.74) is -0.824. The number of nitrogens with zero attached hydrogens (tertiary/aromatic N) is 3. The first-order valence-electron chi connectivity index (χ1n) is 17.3. The molecular weight excluding hydrogens is 608 g/mol. The molecule has 5 rings (SSSR count). The molecule has 0 radical (unpaired) electrons. The first-order valence-corrected chi connectivity index (χ1v) is 17.3. The summed E-state index contributed by atoms with van der Waals surface area (Å²) < 4.78 is 5.80. The maximum Gasteiger partial charge on any atom is 0.326 e. The maximum absolute atomic E-state index is 13.6. The van der Waals surface area contributed by atoms with Crippen molar-refractivity contribution in [1.82, 2.24) is 20.1 Å². The largest absolute Gasteiger partial charge is 0.377 e. The van der Waals surface area contributed by atoms with E-state index in [0.29, 0.717) is 44.9 Å². The Bertz CT molecular complexity index is 1240. The molecule has 0 aromatic heterocycles. The van der Waals surface area contributed by atoms with Crippen LogP contribution in [0.2, 0.25) is 0 Å². The van der Waals surface area contributed by atoms with E-state index < -0.39 is 23.3 Å². The molecule has 47 heavy (non-hydrogen) atoms. The van der Waals surface area contributed by atoms with E-state index in [4.69, 9.17) is 16.5 Å². The Morgan fingerprint density at radius 3 is 2.49 bits per heavy atom. The summed E-state index contributed by atoms with van der Waals surface area (Å²) in [5, 5.41) is 4.87. The molecule has 3 saturated carbocycles. The average molecular weight is 661 g/mol. The number of likely N-dealkylation sites (N-methyl/N-ethyl adjacent to an activating group) is 1. The highest BCUT2D eigenvalue weighted by atomic mass is 16.7. The fourth-order valence-electron chi connectivity index (χ4n) is 8.63. The van der Waals surface area contributed by atoms with Crippen LogP contribution in [0.1, 0.15) is 90.9 Å². The van der Waals surface area contributed by atoms with E-state index in [1.807, 2.05) is 13.8 Å². The van der Waals surface area contributed by atoms with Gasteiger partial charge in [0, 0.05) is 44.6 Å². The minimum absolute atomic E-state index is 0.0493. The number of Topliss-reactive ketones (excluding diaryl/α,β-unsaturated/α-hetero) is 2. The van der Waals surface area contributed by atoms with Gasteiger partial charge in [0.25, 0.3) is 0 Å². The van der Waals surface area contributed by atoms with Crippen LogP contribution in [0.25, 0.3) is 0 Å². The number of rotatable bonds is 10. The quantitative estimate of drug-likeness (QED) is 0.169. The van der Waals surface area contributed by atoms with Crippen molar-refractivity contribution in [1.29, 1.82) is 0 Å². The molecule has 14 heteroatoms. The Hall–Kier alpha value is -2.94. The van der Waals surface area contributed by atoms with Crippen LogP contribution in [-0.4, -0.2) is 107 Å². The minimum Gasteiger partial charge on any atom is -0.377 e. The lowest BCUT2D eigenvalue weighted by molar-refractivity contribution is -0.146. The molecule has 262 valence electrons. The molecule has 3 aliphatic carbocycles. The highest BCUT2D eigenvalue weighted by molar-refractivity contribution is 5.91. The number of fused-ring (bicyclic) bond motifs is 2. The molecule has 0 aromatic rings. The van der Waals surface area contributed by atoms with Gasteiger partial charge in [0.05, 0.1) is 49.0 Å². The summed E-state index contributed by atoms with van der Waals surface area (Å²) in [6, 6.07) is -0.469. The molecule has 2 aliphatic heterocycles. The van der Waals surface area contributed by atoms with Crippen LogP contribution in [0.15, 0.2) is 0 Å². The Morgan fingerprint density at radius 1 is 1.06 bits per heavy atom. The number of nitrogens with two attached hydrogens (primary N) is 2. The van der Waals surface area contributed by atoms with Crippen molar-refractivity contribution in [2.75, 3.05) is 26.7 Å². The predicted octanol–water partition coefficient (Wildman–Crippen LogP) is 0.604. The molecule has 3 amide bonds. The number of ether oxygens (including phenoxy) is 1. The van der Waals surface area contributed by atoms with Gasteiger partial charge in [-0.05, 0) is 77.6 Å². The van der Waals surface area contributed by atoms with Crippen LogP contribution in [-0.2, 0) is 38.3 Å². The number of hydrogen-bond acceptors (Lipinski definition) is 11. The third-order valence-electron chi connectivity index (χ3n) is 11.5. The second-order valence-corrected chi connectivity index (χ2v) is 14.9. The van der Waals surface area contributed by atoms with Crippen LogP contribution in [0, 0.1) is 23.7 Å². The molecule has 6 unspecified atom stereocenters. The van der Waals surface area contributed by atoms with Crippen molar-refractivity contribution < 1.29 is 38.3 Å². The summed E-state index contributed by atoms with van der Waals surface area (Å²) in [6.45, 7) is 3.95. The SMILES string of the molecule is CN1C(=O)CN(CCC(=O)ON)C(=O)C2CC(NC(C)(C)C(=O)CC3CCC(N(N)C(=O)C4COC5CCCC(=O)C54)CC3)CCC21. The first kappa shape index (κ1) is 35.4. The molecule has 5 aliphatic rings. The van der Waals surface area contributed by atoms with Gasteiger partial charge in [-0.25, -0.2) is 5.84 Å². The molecule has 2 saturated heterocycles. The zero-order chi connectivity index (χ0) is 34.0. The molecule has 6 atom stereocenters. The van der Waals surface area contributed by atoms with Crippen molar-refractivity contribution in [3.05, 3.63) is 0 Å². The lowest BCUT2D eigenvalue weighted by atomic mass is 9.77. The molecule has 0 bridgehead atoms. The van der Waals surface area contributed by atoms with Crippen LogP contribution < -0.4 is 17.1 Å². The minimum atomic E-state index is -0.824. The Morgan fingerprint density at radius 2 is 1.79 bits per heavy atom. The highest BCUT2D eigenvalue weighted by Gasteiger charge is 2.49. The van der Waals surface area contributed by atoms with E-state index in [2.05, 4.69) is 10.2 Å². The highest BCUT2D eigenvalue weighted by Crippen LogP contribution is 2.38. The van der Waals surface area contributed by atoms with E-state index in [-0.39, 0.29) is 91.5 Å². The van der Waals surface area contributed by atoms with Gasteiger partial charge in [0.15, 0.2) is 5.78 Å². The molecule has 14 nitrogen and oxygen atoms in total. The zero-order valence-corrected chi connectivity index (χ0v) is 28.0. The molecule has 0 aromatic carbocycles. The van der Waals surface area contributed by atoms with E-state index in [9.17, 15) is 28.8 Å². The topological polar surface area (TPSA) is 195 Å². The van der Waals surface area contributed by atoms with E-state index in [1.165, 1.54) is 9.91 Å². The van der Waals surface area contributed by atoms with Gasteiger partial charge in [-0.15, -0.1) is 0 Å². The number of amides is 3. The monoisotopic (exact) mass is 660 g/mol. The number of carbonyl (C=O) groups is 6. The normalized spacial score (nSPS) is 33.2. The van der Waals surface area contributed by atoms with Gasteiger partial charge < -0.3 is 24.7 Å². The predicted molar refractivity (Wildman–Crippen MR) is 168 cm³/mol. The van der Waals surface area contributed by atoms with Crippen LogP contribution in [0.4, 0.5) is 0 Å². The third kappa shape index (κ3) is 7.71. The number of carbonyl (C=O) groups excluding carboxylic acids is 6. The summed E-state index contributed by atoms with van der Waals surface area (Å²) in [5.74, 6) is 9.11. The van der Waals surface area contributed by atoms with Gasteiger partial charge in [0.1, 0.15) is 5.78 Å². The summed E-state index contributed by atoms with van der Waals surface area (Å²) in [7, 11) is 1.72. The second-order valence-electron chi connectivity index (χ2n) is 14.9. The van der Waals surface area contributed by atoms with Crippen molar-refractivity contribution in [3.63, 3.8) is 0 Å². The smallest absolute Gasteiger partial charge is 0.326 e. The summed E-state index contributed by atoms with van der Waals surface area (Å²) in [4.78, 5) is 84.8. The maximum atomic E-state index is 13.6. The Balaban J connectivity index is 1.11. The van der Waals surface area contributed by atoms with Gasteiger partial charge in [-0.2, -0.15) is 5.90 Å². The lowest BCUT2D eigenvalue weighted by Gasteiger charge is -2.41. The number of nitrogens with one attached hydrogen (secondary N) is 1. The zero-order valence-electron chi connectivity index (χ0n) is 28.0. The van der Waals surface area contributed by atoms with Crippen molar-refractivity contribution in [2.45, 2.75) is 121 Å². The second kappa shape index (κ2) is 14.7. The Labute approximate surface area is 276 Å². The number of ketones is 2. The van der Waals surface area contributed by atoms with Gasteiger partial charge in [-0.3, -0.25) is 33.8 Å². The van der Waals surface area contributed by atoms with Crippen LogP contribution >= 0.6 is 0 Å². The lowest BCUT2D eigenvalue weighted by Crippen LogP contribution is -2.56. The Kier molecular flexibility index (Phi) is 11.0. The fraction of sp³-hybridized carbons (Fsp3) is 0.818. The summed E-state index contributed by atoms with van der Waals surface area (Å²) >= 11 is 0.